The lowest BCUT2D eigenvalue weighted by Crippen LogP contribution is -2.15. The molecule has 5 aromatic rings. The fourth-order valence-corrected chi connectivity index (χ4v) is 8.40. The summed E-state index contributed by atoms with van der Waals surface area (Å²) in [5.41, 5.74) is 11.0. The van der Waals surface area contributed by atoms with E-state index >= 15 is 0 Å². The molecule has 0 saturated carbocycles. The number of hydrazone groups is 1. The van der Waals surface area contributed by atoms with Gasteiger partial charge in [0, 0.05) is 49.4 Å². The molecule has 0 bridgehead atoms. The van der Waals surface area contributed by atoms with Gasteiger partial charge in [0.1, 0.15) is 11.3 Å². The monoisotopic (exact) mass is 591 g/mol. The first kappa shape index (κ1) is 26.9. The molecule has 5 heteroatoms. The minimum Gasteiger partial charge on any atom is -0.460 e. The highest BCUT2D eigenvalue weighted by molar-refractivity contribution is 7.12. The maximum Gasteiger partial charge on any atom is 0.179 e. The van der Waals surface area contributed by atoms with Crippen molar-refractivity contribution in [3.63, 3.8) is 0 Å². The van der Waals surface area contributed by atoms with Crippen molar-refractivity contribution in [3.05, 3.63) is 135 Å². The summed E-state index contributed by atoms with van der Waals surface area (Å²) in [6.07, 6.45) is 14.1. The number of nitrogens with zero attached hydrogens (tertiary/aromatic N) is 2. The van der Waals surface area contributed by atoms with Gasteiger partial charge < -0.3 is 10.3 Å². The first-order valence-corrected chi connectivity index (χ1v) is 16.3. The molecule has 3 aromatic carbocycles. The molecule has 4 nitrogen and oxygen atoms in total. The Hall–Kier alpha value is -4.74. The van der Waals surface area contributed by atoms with E-state index < -0.39 is 0 Å². The van der Waals surface area contributed by atoms with Crippen LogP contribution in [0.3, 0.4) is 0 Å². The van der Waals surface area contributed by atoms with Crippen molar-refractivity contribution in [2.75, 3.05) is 0 Å². The molecular weight excluding hydrogens is 559 g/mol. The fourth-order valence-electron chi connectivity index (χ4n) is 6.94. The highest BCUT2D eigenvalue weighted by Crippen LogP contribution is 2.44. The van der Waals surface area contributed by atoms with E-state index in [0.717, 1.165) is 82.4 Å². The van der Waals surface area contributed by atoms with Gasteiger partial charge in [0.25, 0.3) is 0 Å². The number of hydrogen-bond donors (Lipinski definition) is 1. The van der Waals surface area contributed by atoms with E-state index in [1.807, 2.05) is 17.4 Å². The minimum atomic E-state index is 0.525. The molecule has 216 valence electrons. The van der Waals surface area contributed by atoms with Crippen LogP contribution in [0.1, 0.15) is 57.5 Å². The van der Waals surface area contributed by atoms with Crippen LogP contribution in [-0.4, -0.2) is 11.5 Å². The van der Waals surface area contributed by atoms with Crippen molar-refractivity contribution in [2.45, 2.75) is 39.0 Å². The Balaban J connectivity index is 1.31. The summed E-state index contributed by atoms with van der Waals surface area (Å²) in [6.45, 7) is 2.30. The molecule has 2 heterocycles. The third-order valence-electron chi connectivity index (χ3n) is 8.93. The first-order chi connectivity index (χ1) is 21.7. The van der Waals surface area contributed by atoms with Crippen molar-refractivity contribution in [1.82, 2.24) is 0 Å². The van der Waals surface area contributed by atoms with Gasteiger partial charge in [0.05, 0.1) is 5.71 Å². The van der Waals surface area contributed by atoms with Gasteiger partial charge in [-0.25, -0.2) is 4.99 Å². The van der Waals surface area contributed by atoms with Gasteiger partial charge in [-0.3, -0.25) is 0 Å². The number of fused-ring (bicyclic) bond motifs is 6. The van der Waals surface area contributed by atoms with E-state index in [2.05, 4.69) is 109 Å². The molecule has 3 aliphatic rings. The van der Waals surface area contributed by atoms with Gasteiger partial charge in [-0.1, -0.05) is 104 Å². The Morgan fingerprint density at radius 3 is 2.43 bits per heavy atom. The Kier molecular flexibility index (Phi) is 6.76. The number of nitrogens with two attached hydrogens (primary N) is 1. The predicted octanol–water partition coefficient (Wildman–Crippen LogP) is 9.49. The number of amidine groups is 1. The molecule has 2 aromatic heterocycles. The molecule has 44 heavy (non-hydrogen) atoms. The Morgan fingerprint density at radius 2 is 1.61 bits per heavy atom. The first-order valence-electron chi connectivity index (χ1n) is 15.5. The number of rotatable bonds is 4. The molecule has 0 aliphatic heterocycles. The van der Waals surface area contributed by atoms with E-state index in [9.17, 15) is 0 Å². The predicted molar refractivity (Wildman–Crippen MR) is 185 cm³/mol. The van der Waals surface area contributed by atoms with Gasteiger partial charge in [-0.15, -0.1) is 11.3 Å². The van der Waals surface area contributed by atoms with Gasteiger partial charge in [0.2, 0.25) is 0 Å². The van der Waals surface area contributed by atoms with Crippen LogP contribution in [0.15, 0.2) is 112 Å². The van der Waals surface area contributed by atoms with Crippen molar-refractivity contribution in [3.8, 4) is 11.1 Å². The van der Waals surface area contributed by atoms with Crippen molar-refractivity contribution in [2.24, 2.45) is 21.9 Å². The SMILES string of the molecule is CC1C=Cc2c(sc3c2C(C(=N/C(=N\N)C2=CCCc4oc5cccc(-c6ccccc6)c5c42)c2ccccc2)=CCC3)C1. The summed E-state index contributed by atoms with van der Waals surface area (Å²) in [4.78, 5) is 8.32. The lowest BCUT2D eigenvalue weighted by atomic mass is 9.85. The third-order valence-corrected chi connectivity index (χ3v) is 10.2. The lowest BCUT2D eigenvalue weighted by molar-refractivity contribution is 0.546. The molecule has 8 rings (SSSR count). The van der Waals surface area contributed by atoms with E-state index in [1.54, 1.807) is 0 Å². The molecule has 0 fully saturated rings. The van der Waals surface area contributed by atoms with Crippen molar-refractivity contribution in [1.29, 1.82) is 0 Å². The largest absolute Gasteiger partial charge is 0.460 e. The number of furan rings is 1. The van der Waals surface area contributed by atoms with Crippen LogP contribution in [-0.2, 0) is 19.3 Å². The highest BCUT2D eigenvalue weighted by atomic mass is 32.1. The van der Waals surface area contributed by atoms with Crippen LogP contribution >= 0.6 is 11.3 Å². The van der Waals surface area contributed by atoms with Crippen molar-refractivity contribution >= 4 is 51.1 Å². The smallest absolute Gasteiger partial charge is 0.179 e. The second-order valence-corrected chi connectivity index (χ2v) is 13.0. The fraction of sp³-hybridized carbons (Fsp3) is 0.179. The van der Waals surface area contributed by atoms with E-state index in [-0.39, 0.29) is 0 Å². The zero-order chi connectivity index (χ0) is 29.6. The van der Waals surface area contributed by atoms with Crippen LogP contribution in [0.25, 0.3) is 39.3 Å². The van der Waals surface area contributed by atoms with Crippen LogP contribution in [0.5, 0.6) is 0 Å². The average Bonchev–Trinajstić information content (AvgIpc) is 3.64. The molecule has 0 saturated heterocycles. The summed E-state index contributed by atoms with van der Waals surface area (Å²) in [7, 11) is 0. The lowest BCUT2D eigenvalue weighted by Gasteiger charge is -2.20. The van der Waals surface area contributed by atoms with Crippen LogP contribution < -0.4 is 5.84 Å². The number of aliphatic imine (C=N–C) groups is 1. The molecule has 0 amide bonds. The summed E-state index contributed by atoms with van der Waals surface area (Å²) in [6, 6.07) is 27.3. The number of benzene rings is 3. The molecule has 2 N–H and O–H groups in total. The standard InChI is InChI=1S/C39H33N3OS/c1-24-21-22-28-34(23-24)44-33-20-10-16-29(35(28)33)38(26-13-6-3-7-14-26)41-39(42-40)30-17-9-19-32-37(30)36-27(15-8-18-31(36)43-32)25-11-4-2-5-12-25/h2-8,11-18,21-22,24H,9-10,19-20,23,40H2,1H3/b41-38?,42-39-. The maximum absolute atomic E-state index is 6.49. The van der Waals surface area contributed by atoms with E-state index in [0.29, 0.717) is 11.8 Å². The number of thiophene rings is 1. The average molecular weight is 592 g/mol. The van der Waals surface area contributed by atoms with Crippen molar-refractivity contribution < 1.29 is 4.42 Å². The van der Waals surface area contributed by atoms with Crippen LogP contribution in [0.2, 0.25) is 0 Å². The number of hydrogen-bond acceptors (Lipinski definition) is 4. The zero-order valence-corrected chi connectivity index (χ0v) is 25.5. The van der Waals surface area contributed by atoms with Crippen LogP contribution in [0, 0.1) is 5.92 Å². The van der Waals surface area contributed by atoms with Gasteiger partial charge in [0.15, 0.2) is 5.84 Å². The van der Waals surface area contributed by atoms with Gasteiger partial charge in [-0.2, -0.15) is 5.10 Å². The Morgan fingerprint density at radius 1 is 0.841 bits per heavy atom. The van der Waals surface area contributed by atoms with Gasteiger partial charge in [-0.05, 0) is 54.4 Å². The third kappa shape index (κ3) is 4.51. The summed E-state index contributed by atoms with van der Waals surface area (Å²) in [5.74, 6) is 8.31. The molecule has 1 unspecified atom stereocenters. The van der Waals surface area contributed by atoms with Gasteiger partial charge >= 0.3 is 0 Å². The summed E-state index contributed by atoms with van der Waals surface area (Å²) >= 11 is 1.98. The second-order valence-electron chi connectivity index (χ2n) is 11.8. The normalized spacial score (nSPS) is 18.0. The number of aryl methyl sites for hydroxylation is 2. The quantitative estimate of drug-likeness (QED) is 0.0979. The molecule has 0 radical (unpaired) electrons. The number of allylic oxidation sites excluding steroid dienone is 4. The minimum absolute atomic E-state index is 0.525. The summed E-state index contributed by atoms with van der Waals surface area (Å²) in [5, 5.41) is 5.47. The van der Waals surface area contributed by atoms with E-state index in [1.165, 1.54) is 26.5 Å². The summed E-state index contributed by atoms with van der Waals surface area (Å²) < 4.78 is 6.49. The van der Waals surface area contributed by atoms with E-state index in [4.69, 9.17) is 15.3 Å². The molecule has 1 atom stereocenters. The molecule has 3 aliphatic carbocycles. The second kappa shape index (κ2) is 11.1. The molecule has 0 spiro atoms. The maximum atomic E-state index is 6.49. The highest BCUT2D eigenvalue weighted by Gasteiger charge is 2.30. The Labute approximate surface area is 261 Å². The topological polar surface area (TPSA) is 63.9 Å². The molecular formula is C39H33N3OS. The Bertz CT molecular complexity index is 2050. The van der Waals surface area contributed by atoms with Crippen LogP contribution in [0.4, 0.5) is 0 Å². The zero-order valence-electron chi connectivity index (χ0n) is 24.7.